The molecule has 1 aromatic heterocycles. The Hall–Kier alpha value is -0.470. The van der Waals surface area contributed by atoms with Gasteiger partial charge in [-0.25, -0.2) is 13.1 Å². The molecule has 0 aliphatic carbocycles. The predicted octanol–water partition coefficient (Wildman–Crippen LogP) is 2.09. The normalized spacial score (nSPS) is 26.3. The molecule has 2 atom stereocenters. The van der Waals surface area contributed by atoms with Gasteiger partial charge in [0.15, 0.2) is 0 Å². The average Bonchev–Trinajstić information content (AvgIpc) is 2.98. The highest BCUT2D eigenvalue weighted by molar-refractivity contribution is 7.91. The number of sulfonamides is 1. The molecule has 21 heavy (non-hydrogen) atoms. The van der Waals surface area contributed by atoms with Crippen LogP contribution in [0, 0.1) is 0 Å². The van der Waals surface area contributed by atoms with Gasteiger partial charge in [0, 0.05) is 18.0 Å². The van der Waals surface area contributed by atoms with Crippen LogP contribution in [-0.4, -0.2) is 33.2 Å². The molecule has 2 rings (SSSR count). The molecule has 1 saturated heterocycles. The molecule has 1 aliphatic heterocycles. The van der Waals surface area contributed by atoms with Gasteiger partial charge < -0.3 is 10.1 Å². The molecular weight excluding hydrogens is 308 g/mol. The van der Waals surface area contributed by atoms with Crippen LogP contribution in [0.2, 0.25) is 0 Å². The van der Waals surface area contributed by atoms with Crippen molar-refractivity contribution in [1.29, 1.82) is 0 Å². The van der Waals surface area contributed by atoms with Crippen molar-refractivity contribution in [2.24, 2.45) is 0 Å². The minimum atomic E-state index is -3.48. The van der Waals surface area contributed by atoms with E-state index in [-0.39, 0.29) is 6.10 Å². The van der Waals surface area contributed by atoms with Gasteiger partial charge in [0.1, 0.15) is 4.21 Å². The second-order valence-electron chi connectivity index (χ2n) is 5.68. The molecule has 0 saturated carbocycles. The largest absolute Gasteiger partial charge is 0.376 e. The van der Waals surface area contributed by atoms with Crippen molar-refractivity contribution in [1.82, 2.24) is 10.0 Å². The van der Waals surface area contributed by atoms with Gasteiger partial charge in [0.05, 0.1) is 11.6 Å². The van der Waals surface area contributed by atoms with Gasteiger partial charge in [-0.15, -0.1) is 11.3 Å². The van der Waals surface area contributed by atoms with E-state index < -0.39 is 15.6 Å². The van der Waals surface area contributed by atoms with Crippen LogP contribution in [0.5, 0.6) is 0 Å². The summed E-state index contributed by atoms with van der Waals surface area (Å²) in [6.45, 7) is 8.16. The van der Waals surface area contributed by atoms with Gasteiger partial charge in [-0.1, -0.05) is 6.92 Å². The van der Waals surface area contributed by atoms with Crippen molar-refractivity contribution in [3.8, 4) is 0 Å². The van der Waals surface area contributed by atoms with E-state index in [2.05, 4.69) is 17.0 Å². The second-order valence-corrected chi connectivity index (χ2v) is 8.76. The summed E-state index contributed by atoms with van der Waals surface area (Å²) in [5, 5.41) is 3.28. The van der Waals surface area contributed by atoms with E-state index in [1.807, 2.05) is 19.9 Å². The molecule has 120 valence electrons. The molecule has 1 aliphatic rings. The third-order valence-electron chi connectivity index (χ3n) is 3.88. The van der Waals surface area contributed by atoms with Crippen molar-refractivity contribution in [2.75, 3.05) is 13.2 Å². The zero-order chi connectivity index (χ0) is 15.5. The molecule has 2 heterocycles. The molecule has 0 amide bonds. The Morgan fingerprint density at radius 1 is 1.48 bits per heavy atom. The van der Waals surface area contributed by atoms with Crippen molar-refractivity contribution >= 4 is 21.4 Å². The number of hydrogen-bond acceptors (Lipinski definition) is 5. The molecule has 5 nitrogen and oxygen atoms in total. The highest BCUT2D eigenvalue weighted by atomic mass is 32.2. The van der Waals surface area contributed by atoms with Gasteiger partial charge >= 0.3 is 0 Å². The highest BCUT2D eigenvalue weighted by Crippen LogP contribution is 2.29. The number of ether oxygens (including phenoxy) is 1. The lowest BCUT2D eigenvalue weighted by Crippen LogP contribution is -2.50. The lowest BCUT2D eigenvalue weighted by Gasteiger charge is -2.28. The summed E-state index contributed by atoms with van der Waals surface area (Å²) in [4.78, 5) is 1.03. The molecule has 0 radical (unpaired) electrons. The fourth-order valence-electron chi connectivity index (χ4n) is 2.31. The maximum atomic E-state index is 12.5. The predicted molar refractivity (Wildman–Crippen MR) is 85.1 cm³/mol. The van der Waals surface area contributed by atoms with Crippen LogP contribution in [0.15, 0.2) is 16.3 Å². The minimum absolute atomic E-state index is 0.113. The lowest BCUT2D eigenvalue weighted by atomic mass is 9.97. The third kappa shape index (κ3) is 4.04. The number of rotatable bonds is 7. The van der Waals surface area contributed by atoms with Crippen LogP contribution in [0.4, 0.5) is 0 Å². The molecule has 1 aromatic rings. The maximum Gasteiger partial charge on any atom is 0.250 e. The molecular formula is C14H24N2O3S2. The van der Waals surface area contributed by atoms with Crippen molar-refractivity contribution < 1.29 is 13.2 Å². The standard InChI is InChI=1S/C14H24N2O3S2/c1-4-8-15-10-12-5-6-13(20-12)21(17,18)16-14(3)7-9-19-11(14)2/h5-6,11,15-16H,4,7-10H2,1-3H3. The molecule has 7 heteroatoms. The second kappa shape index (κ2) is 6.75. The molecule has 2 N–H and O–H groups in total. The Bertz CT molecular complexity index is 571. The third-order valence-corrected chi connectivity index (χ3v) is 7.07. The van der Waals surface area contributed by atoms with Gasteiger partial charge in [0.2, 0.25) is 0 Å². The lowest BCUT2D eigenvalue weighted by molar-refractivity contribution is 0.0957. The van der Waals surface area contributed by atoms with E-state index in [0.29, 0.717) is 23.8 Å². The van der Waals surface area contributed by atoms with Crippen LogP contribution >= 0.6 is 11.3 Å². The molecule has 0 spiro atoms. The fraction of sp³-hybridized carbons (Fsp3) is 0.714. The zero-order valence-corrected chi connectivity index (χ0v) is 14.4. The zero-order valence-electron chi connectivity index (χ0n) is 12.8. The SMILES string of the molecule is CCCNCc1ccc(S(=O)(=O)NC2(C)CCOC2C)s1. The number of thiophene rings is 1. The molecule has 1 fully saturated rings. The summed E-state index contributed by atoms with van der Waals surface area (Å²) >= 11 is 1.32. The fourth-order valence-corrected chi connectivity index (χ4v) is 5.13. The van der Waals surface area contributed by atoms with Crippen molar-refractivity contribution in [3.05, 3.63) is 17.0 Å². The topological polar surface area (TPSA) is 67.4 Å². The van der Waals surface area contributed by atoms with Crippen LogP contribution in [0.25, 0.3) is 0 Å². The van der Waals surface area contributed by atoms with Crippen LogP contribution in [0.1, 0.15) is 38.5 Å². The first-order chi connectivity index (χ1) is 9.87. The quantitative estimate of drug-likeness (QED) is 0.750. The van der Waals surface area contributed by atoms with E-state index >= 15 is 0 Å². The Balaban J connectivity index is 2.06. The van der Waals surface area contributed by atoms with Gasteiger partial charge in [-0.05, 0) is 45.4 Å². The number of hydrogen-bond donors (Lipinski definition) is 2. The maximum absolute atomic E-state index is 12.5. The monoisotopic (exact) mass is 332 g/mol. The van der Waals surface area contributed by atoms with Crippen molar-refractivity contribution in [2.45, 2.75) is 56.0 Å². The smallest absolute Gasteiger partial charge is 0.250 e. The van der Waals surface area contributed by atoms with Crippen LogP contribution in [0.3, 0.4) is 0 Å². The van der Waals surface area contributed by atoms with E-state index in [9.17, 15) is 8.42 Å². The Morgan fingerprint density at radius 2 is 2.24 bits per heavy atom. The Kier molecular flexibility index (Phi) is 5.43. The summed E-state index contributed by atoms with van der Waals surface area (Å²) in [6, 6.07) is 3.55. The molecule has 0 aromatic carbocycles. The Morgan fingerprint density at radius 3 is 2.86 bits per heavy atom. The van der Waals surface area contributed by atoms with Gasteiger partial charge in [-0.3, -0.25) is 0 Å². The summed E-state index contributed by atoms with van der Waals surface area (Å²) < 4.78 is 33.7. The Labute approximate surface area is 131 Å². The highest BCUT2D eigenvalue weighted by Gasteiger charge is 2.40. The van der Waals surface area contributed by atoms with E-state index in [1.165, 1.54) is 11.3 Å². The summed E-state index contributed by atoms with van der Waals surface area (Å²) in [6.07, 6.45) is 1.65. The van der Waals surface area contributed by atoms with Crippen molar-refractivity contribution in [3.63, 3.8) is 0 Å². The first-order valence-corrected chi connectivity index (χ1v) is 9.62. The molecule has 0 bridgehead atoms. The van der Waals surface area contributed by atoms with Gasteiger partial charge in [-0.2, -0.15) is 0 Å². The van der Waals surface area contributed by atoms with E-state index in [1.54, 1.807) is 6.07 Å². The molecule has 2 unspecified atom stereocenters. The summed E-state index contributed by atoms with van der Waals surface area (Å²) in [7, 11) is -3.48. The summed E-state index contributed by atoms with van der Waals surface area (Å²) in [5.74, 6) is 0. The average molecular weight is 332 g/mol. The van der Waals surface area contributed by atoms with Gasteiger partial charge in [0.25, 0.3) is 10.0 Å². The van der Waals surface area contributed by atoms with E-state index in [4.69, 9.17) is 4.74 Å². The first-order valence-electron chi connectivity index (χ1n) is 7.32. The number of nitrogens with one attached hydrogen (secondary N) is 2. The summed E-state index contributed by atoms with van der Waals surface area (Å²) in [5.41, 5.74) is -0.524. The van der Waals surface area contributed by atoms with E-state index in [0.717, 1.165) is 17.8 Å². The minimum Gasteiger partial charge on any atom is -0.376 e. The van der Waals surface area contributed by atoms with Crippen LogP contribution < -0.4 is 10.0 Å². The van der Waals surface area contributed by atoms with Crippen LogP contribution in [-0.2, 0) is 21.3 Å². The first kappa shape index (κ1) is 16.9.